The Morgan fingerprint density at radius 1 is 1.24 bits per heavy atom. The van der Waals surface area contributed by atoms with Crippen molar-refractivity contribution in [3.05, 3.63) is 5.82 Å². The highest BCUT2D eigenvalue weighted by atomic mass is 32.2. The lowest BCUT2D eigenvalue weighted by Crippen LogP contribution is -2.36. The number of hydrogen-bond donors (Lipinski definition) is 2. The second kappa shape index (κ2) is 5.01. The Balaban J connectivity index is 2.07. The van der Waals surface area contributed by atoms with Gasteiger partial charge in [0.15, 0.2) is 0 Å². The van der Waals surface area contributed by atoms with Gasteiger partial charge in [-0.25, -0.2) is 4.72 Å². The smallest absolute Gasteiger partial charge is 0.261 e. The summed E-state index contributed by atoms with van der Waals surface area (Å²) in [6.07, 6.45) is 4.00. The van der Waals surface area contributed by atoms with Gasteiger partial charge < -0.3 is 0 Å². The van der Waals surface area contributed by atoms with E-state index in [0.29, 0.717) is 18.9 Å². The Bertz CT molecular complexity index is 461. The molecule has 0 radical (unpaired) electrons. The SMILES string of the molecule is Cc1nc(NS(=O)(=O)N2CCCCCC2)n[nH]1. The first-order chi connectivity index (χ1) is 8.08. The third-order valence-electron chi connectivity index (χ3n) is 2.72. The predicted molar refractivity (Wildman–Crippen MR) is 63.7 cm³/mol. The summed E-state index contributed by atoms with van der Waals surface area (Å²) in [6, 6.07) is 0. The molecule has 0 unspecified atom stereocenters. The van der Waals surface area contributed by atoms with Crippen LogP contribution in [0.1, 0.15) is 31.5 Å². The molecule has 1 aliphatic rings. The van der Waals surface area contributed by atoms with E-state index in [4.69, 9.17) is 0 Å². The van der Waals surface area contributed by atoms with Crippen LogP contribution in [0.4, 0.5) is 5.95 Å². The molecule has 96 valence electrons. The summed E-state index contributed by atoms with van der Waals surface area (Å²) in [5, 5.41) is 6.37. The zero-order chi connectivity index (χ0) is 12.3. The molecule has 0 saturated carbocycles. The van der Waals surface area contributed by atoms with Crippen molar-refractivity contribution in [1.82, 2.24) is 19.5 Å². The van der Waals surface area contributed by atoms with E-state index in [1.54, 1.807) is 6.92 Å². The van der Waals surface area contributed by atoms with Crippen molar-refractivity contribution in [1.29, 1.82) is 0 Å². The molecule has 1 aliphatic heterocycles. The topological polar surface area (TPSA) is 91.0 Å². The van der Waals surface area contributed by atoms with Crippen molar-refractivity contribution < 1.29 is 8.42 Å². The molecule has 0 amide bonds. The van der Waals surface area contributed by atoms with Crippen LogP contribution in [-0.4, -0.2) is 41.0 Å². The van der Waals surface area contributed by atoms with Crippen molar-refractivity contribution in [2.45, 2.75) is 32.6 Å². The van der Waals surface area contributed by atoms with Crippen LogP contribution in [0.3, 0.4) is 0 Å². The highest BCUT2D eigenvalue weighted by molar-refractivity contribution is 7.90. The Hall–Kier alpha value is -1.15. The van der Waals surface area contributed by atoms with Crippen LogP contribution in [0.2, 0.25) is 0 Å². The highest BCUT2D eigenvalue weighted by Gasteiger charge is 2.23. The molecule has 2 heterocycles. The molecular formula is C9H17N5O2S. The molecule has 0 aliphatic carbocycles. The monoisotopic (exact) mass is 259 g/mol. The summed E-state index contributed by atoms with van der Waals surface area (Å²) < 4.78 is 27.9. The lowest BCUT2D eigenvalue weighted by Gasteiger charge is -2.19. The van der Waals surface area contributed by atoms with Gasteiger partial charge in [0.2, 0.25) is 0 Å². The molecule has 7 nitrogen and oxygen atoms in total. The number of nitrogens with zero attached hydrogens (tertiary/aromatic N) is 3. The summed E-state index contributed by atoms with van der Waals surface area (Å²) in [4.78, 5) is 3.93. The van der Waals surface area contributed by atoms with E-state index in [1.807, 2.05) is 0 Å². The largest absolute Gasteiger partial charge is 0.304 e. The van der Waals surface area contributed by atoms with Crippen LogP contribution in [0, 0.1) is 6.92 Å². The third kappa shape index (κ3) is 3.16. The molecule has 0 spiro atoms. The first-order valence-electron chi connectivity index (χ1n) is 5.75. The van der Waals surface area contributed by atoms with Gasteiger partial charge >= 0.3 is 10.2 Å². The maximum absolute atomic E-state index is 12.0. The predicted octanol–water partition coefficient (Wildman–Crippen LogP) is 0.646. The van der Waals surface area contributed by atoms with Crippen molar-refractivity contribution in [3.63, 3.8) is 0 Å². The zero-order valence-electron chi connectivity index (χ0n) is 9.81. The number of aromatic nitrogens is 3. The summed E-state index contributed by atoms with van der Waals surface area (Å²) in [5.74, 6) is 0.685. The van der Waals surface area contributed by atoms with Crippen LogP contribution in [0.25, 0.3) is 0 Å². The molecule has 0 atom stereocenters. The van der Waals surface area contributed by atoms with E-state index in [2.05, 4.69) is 19.9 Å². The highest BCUT2D eigenvalue weighted by Crippen LogP contribution is 2.14. The first kappa shape index (κ1) is 12.3. The van der Waals surface area contributed by atoms with Gasteiger partial charge in [-0.15, -0.1) is 5.10 Å². The van der Waals surface area contributed by atoms with Crippen molar-refractivity contribution >= 4 is 16.2 Å². The molecule has 1 aromatic heterocycles. The van der Waals surface area contributed by atoms with Gasteiger partial charge in [0.1, 0.15) is 5.82 Å². The first-order valence-corrected chi connectivity index (χ1v) is 7.19. The fourth-order valence-corrected chi connectivity index (χ4v) is 3.04. The van der Waals surface area contributed by atoms with Gasteiger partial charge in [0.05, 0.1) is 0 Å². The second-order valence-corrected chi connectivity index (χ2v) is 5.84. The van der Waals surface area contributed by atoms with Crippen molar-refractivity contribution in [2.24, 2.45) is 0 Å². The van der Waals surface area contributed by atoms with Crippen molar-refractivity contribution in [2.75, 3.05) is 17.8 Å². The molecule has 0 bridgehead atoms. The fourth-order valence-electron chi connectivity index (χ4n) is 1.85. The molecule has 2 N–H and O–H groups in total. The van der Waals surface area contributed by atoms with Crippen LogP contribution < -0.4 is 4.72 Å². The minimum Gasteiger partial charge on any atom is -0.261 e. The minimum atomic E-state index is -3.51. The Kier molecular flexibility index (Phi) is 3.63. The van der Waals surface area contributed by atoms with Gasteiger partial charge in [-0.05, 0) is 19.8 Å². The van der Waals surface area contributed by atoms with Crippen molar-refractivity contribution in [3.8, 4) is 0 Å². The number of anilines is 1. The number of H-pyrrole nitrogens is 1. The van der Waals surface area contributed by atoms with Gasteiger partial charge in [-0.3, -0.25) is 5.10 Å². The molecule has 0 aromatic carbocycles. The van der Waals surface area contributed by atoms with Crippen LogP contribution in [0.15, 0.2) is 0 Å². The summed E-state index contributed by atoms with van der Waals surface area (Å²) >= 11 is 0. The normalized spacial score (nSPS) is 18.9. The molecule has 1 fully saturated rings. The van der Waals surface area contributed by atoms with Crippen LogP contribution >= 0.6 is 0 Å². The van der Waals surface area contributed by atoms with E-state index >= 15 is 0 Å². The Morgan fingerprint density at radius 2 is 1.88 bits per heavy atom. The average Bonchev–Trinajstić information content (AvgIpc) is 2.56. The van der Waals surface area contributed by atoms with Gasteiger partial charge in [-0.2, -0.15) is 17.7 Å². The standard InChI is InChI=1S/C9H17N5O2S/c1-8-10-9(12-11-8)13-17(15,16)14-6-4-2-3-5-7-14/h2-7H2,1H3,(H2,10,11,12,13). The van der Waals surface area contributed by atoms with E-state index in [1.165, 1.54) is 4.31 Å². The van der Waals surface area contributed by atoms with Crippen LogP contribution in [0.5, 0.6) is 0 Å². The van der Waals surface area contributed by atoms with Gasteiger partial charge in [-0.1, -0.05) is 12.8 Å². The molecule has 1 saturated heterocycles. The molecule has 8 heteroatoms. The van der Waals surface area contributed by atoms with Gasteiger partial charge in [0.25, 0.3) is 5.95 Å². The number of aromatic amines is 1. The van der Waals surface area contributed by atoms with Crippen LogP contribution in [-0.2, 0) is 10.2 Å². The van der Waals surface area contributed by atoms with E-state index in [9.17, 15) is 8.42 Å². The summed E-state index contributed by atoms with van der Waals surface area (Å²) in [7, 11) is -3.51. The number of rotatable bonds is 3. The fraction of sp³-hybridized carbons (Fsp3) is 0.778. The third-order valence-corrected chi connectivity index (χ3v) is 4.21. The van der Waals surface area contributed by atoms with Gasteiger partial charge in [0, 0.05) is 13.1 Å². The number of hydrogen-bond acceptors (Lipinski definition) is 4. The zero-order valence-corrected chi connectivity index (χ0v) is 10.6. The molecule has 17 heavy (non-hydrogen) atoms. The number of aryl methyl sites for hydroxylation is 1. The van der Waals surface area contributed by atoms with E-state index in [-0.39, 0.29) is 5.95 Å². The Labute approximate surface area is 101 Å². The maximum atomic E-state index is 12.0. The lowest BCUT2D eigenvalue weighted by atomic mass is 10.2. The lowest BCUT2D eigenvalue weighted by molar-refractivity contribution is 0.427. The summed E-state index contributed by atoms with van der Waals surface area (Å²) in [6.45, 7) is 2.86. The Morgan fingerprint density at radius 3 is 2.41 bits per heavy atom. The van der Waals surface area contributed by atoms with E-state index in [0.717, 1.165) is 25.7 Å². The molecule has 2 rings (SSSR count). The second-order valence-electron chi connectivity index (χ2n) is 4.16. The minimum absolute atomic E-state index is 0.103. The van der Waals surface area contributed by atoms with E-state index < -0.39 is 10.2 Å². The quantitative estimate of drug-likeness (QED) is 0.833. The maximum Gasteiger partial charge on any atom is 0.304 e. The molecule has 1 aromatic rings. The average molecular weight is 259 g/mol. The number of nitrogens with one attached hydrogen (secondary N) is 2. The molecular weight excluding hydrogens is 242 g/mol. The summed E-state index contributed by atoms with van der Waals surface area (Å²) in [5.41, 5.74) is 0.